The van der Waals surface area contributed by atoms with Crippen molar-refractivity contribution in [3.8, 4) is 5.75 Å². The lowest BCUT2D eigenvalue weighted by Gasteiger charge is -2.15. The Morgan fingerprint density at radius 1 is 1.32 bits per heavy atom. The maximum absolute atomic E-state index is 11.6. The summed E-state index contributed by atoms with van der Waals surface area (Å²) in [5, 5.41) is 0. The molecular weight excluding hydrogens is 242 g/mol. The average molecular weight is 263 g/mol. The first-order chi connectivity index (χ1) is 9.20. The number of carbonyl (C=O) groups is 1. The molecule has 0 aliphatic carbocycles. The van der Waals surface area contributed by atoms with Gasteiger partial charge in [-0.1, -0.05) is 25.1 Å². The lowest BCUT2D eigenvalue weighted by atomic mass is 9.99. The van der Waals surface area contributed by atoms with Crippen LogP contribution in [0, 0.1) is 11.8 Å². The molecule has 19 heavy (non-hydrogen) atoms. The summed E-state index contributed by atoms with van der Waals surface area (Å²) < 4.78 is 10.5. The molecule has 0 amide bonds. The fraction of sp³-hybridized carbons (Fsp3) is 0.533. The second kappa shape index (κ2) is 6.57. The molecule has 4 nitrogen and oxygen atoms in total. The van der Waals surface area contributed by atoms with E-state index in [0.717, 1.165) is 25.4 Å². The van der Waals surface area contributed by atoms with Crippen molar-refractivity contribution in [3.05, 3.63) is 30.3 Å². The minimum atomic E-state index is -0.0982. The summed E-state index contributed by atoms with van der Waals surface area (Å²) in [6.07, 6.45) is 0. The second-order valence-corrected chi connectivity index (χ2v) is 5.03. The zero-order chi connectivity index (χ0) is 13.7. The third kappa shape index (κ3) is 3.70. The highest BCUT2D eigenvalue weighted by molar-refractivity contribution is 5.73. The van der Waals surface area contributed by atoms with Crippen LogP contribution in [0.2, 0.25) is 0 Å². The van der Waals surface area contributed by atoms with Crippen molar-refractivity contribution in [1.82, 2.24) is 4.90 Å². The SMILES string of the molecule is COC(=O)C1CN(CCOc2ccccc2)CC1C. The average Bonchev–Trinajstić information content (AvgIpc) is 2.80. The van der Waals surface area contributed by atoms with Gasteiger partial charge < -0.3 is 9.47 Å². The van der Waals surface area contributed by atoms with Gasteiger partial charge in [0.25, 0.3) is 0 Å². The van der Waals surface area contributed by atoms with Crippen molar-refractivity contribution in [2.24, 2.45) is 11.8 Å². The van der Waals surface area contributed by atoms with Crippen molar-refractivity contribution in [2.75, 3.05) is 33.4 Å². The quantitative estimate of drug-likeness (QED) is 0.759. The van der Waals surface area contributed by atoms with Gasteiger partial charge in [-0.3, -0.25) is 9.69 Å². The number of hydrogen-bond acceptors (Lipinski definition) is 4. The van der Waals surface area contributed by atoms with E-state index in [1.165, 1.54) is 7.11 Å². The molecule has 1 aromatic carbocycles. The van der Waals surface area contributed by atoms with Gasteiger partial charge in [0.05, 0.1) is 13.0 Å². The summed E-state index contributed by atoms with van der Waals surface area (Å²) in [5.74, 6) is 1.14. The Hall–Kier alpha value is -1.55. The topological polar surface area (TPSA) is 38.8 Å². The lowest BCUT2D eigenvalue weighted by molar-refractivity contribution is -0.146. The molecule has 0 N–H and O–H groups in total. The maximum Gasteiger partial charge on any atom is 0.310 e. The number of para-hydroxylation sites is 1. The van der Waals surface area contributed by atoms with Crippen LogP contribution < -0.4 is 4.74 Å². The van der Waals surface area contributed by atoms with Crippen molar-refractivity contribution in [1.29, 1.82) is 0 Å². The molecule has 1 aliphatic heterocycles. The van der Waals surface area contributed by atoms with Gasteiger partial charge in [-0.25, -0.2) is 0 Å². The van der Waals surface area contributed by atoms with Crippen LogP contribution in [0.4, 0.5) is 0 Å². The summed E-state index contributed by atoms with van der Waals surface area (Å²) in [4.78, 5) is 13.8. The molecule has 0 saturated carbocycles. The van der Waals surface area contributed by atoms with E-state index in [1.54, 1.807) is 0 Å². The standard InChI is InChI=1S/C15H21NO3/c1-12-10-16(11-14(12)15(17)18-2)8-9-19-13-6-4-3-5-7-13/h3-7,12,14H,8-11H2,1-2H3. The van der Waals surface area contributed by atoms with E-state index < -0.39 is 0 Å². The largest absolute Gasteiger partial charge is 0.492 e. The first-order valence-electron chi connectivity index (χ1n) is 6.68. The maximum atomic E-state index is 11.6. The summed E-state index contributed by atoms with van der Waals surface area (Å²) in [7, 11) is 1.45. The predicted octanol–water partition coefficient (Wildman–Crippen LogP) is 1.81. The van der Waals surface area contributed by atoms with Crippen molar-refractivity contribution in [3.63, 3.8) is 0 Å². The normalized spacial score (nSPS) is 23.3. The zero-order valence-corrected chi connectivity index (χ0v) is 11.5. The van der Waals surface area contributed by atoms with Gasteiger partial charge in [0.2, 0.25) is 0 Å². The third-order valence-corrected chi connectivity index (χ3v) is 3.61. The molecule has 1 saturated heterocycles. The summed E-state index contributed by atoms with van der Waals surface area (Å²) in [6, 6.07) is 9.78. The van der Waals surface area contributed by atoms with Gasteiger partial charge >= 0.3 is 5.97 Å². The Bertz CT molecular complexity index is 407. The van der Waals surface area contributed by atoms with Crippen LogP contribution in [0.3, 0.4) is 0 Å². The molecule has 0 bridgehead atoms. The fourth-order valence-electron chi connectivity index (χ4n) is 2.52. The lowest BCUT2D eigenvalue weighted by Crippen LogP contribution is -2.28. The molecule has 4 heteroatoms. The number of likely N-dealkylation sites (tertiary alicyclic amines) is 1. The van der Waals surface area contributed by atoms with Crippen LogP contribution in [0.15, 0.2) is 30.3 Å². The van der Waals surface area contributed by atoms with Crippen LogP contribution in [0.1, 0.15) is 6.92 Å². The highest BCUT2D eigenvalue weighted by Gasteiger charge is 2.35. The fourth-order valence-corrected chi connectivity index (χ4v) is 2.52. The van der Waals surface area contributed by atoms with E-state index in [1.807, 2.05) is 30.3 Å². The number of ether oxygens (including phenoxy) is 2. The van der Waals surface area contributed by atoms with Crippen LogP contribution in [0.25, 0.3) is 0 Å². The number of rotatable bonds is 5. The molecule has 1 heterocycles. The highest BCUT2D eigenvalue weighted by Crippen LogP contribution is 2.23. The third-order valence-electron chi connectivity index (χ3n) is 3.61. The number of benzene rings is 1. The number of esters is 1. The highest BCUT2D eigenvalue weighted by atomic mass is 16.5. The van der Waals surface area contributed by atoms with Crippen LogP contribution in [0.5, 0.6) is 5.75 Å². The van der Waals surface area contributed by atoms with Crippen molar-refractivity contribution < 1.29 is 14.3 Å². The molecule has 1 aliphatic rings. The molecule has 104 valence electrons. The Labute approximate surface area is 114 Å². The molecule has 2 atom stereocenters. The van der Waals surface area contributed by atoms with Gasteiger partial charge in [0, 0.05) is 19.6 Å². The minimum Gasteiger partial charge on any atom is -0.492 e. The Balaban J connectivity index is 1.74. The number of methoxy groups -OCH3 is 1. The van der Waals surface area contributed by atoms with E-state index in [9.17, 15) is 4.79 Å². The summed E-state index contributed by atoms with van der Waals surface area (Å²) in [5.41, 5.74) is 0. The molecule has 2 unspecified atom stereocenters. The minimum absolute atomic E-state index is 0.00160. The first-order valence-corrected chi connectivity index (χ1v) is 6.68. The van der Waals surface area contributed by atoms with E-state index in [0.29, 0.717) is 12.5 Å². The van der Waals surface area contributed by atoms with E-state index in [4.69, 9.17) is 9.47 Å². The Kier molecular flexibility index (Phi) is 4.80. The van der Waals surface area contributed by atoms with Gasteiger partial charge in [-0.05, 0) is 18.1 Å². The Morgan fingerprint density at radius 2 is 2.05 bits per heavy atom. The van der Waals surface area contributed by atoms with E-state index in [2.05, 4.69) is 11.8 Å². The van der Waals surface area contributed by atoms with Crippen molar-refractivity contribution >= 4 is 5.97 Å². The van der Waals surface area contributed by atoms with Crippen LogP contribution in [-0.4, -0.2) is 44.2 Å². The second-order valence-electron chi connectivity index (χ2n) is 5.03. The monoisotopic (exact) mass is 263 g/mol. The molecule has 2 rings (SSSR count). The number of carbonyl (C=O) groups excluding carboxylic acids is 1. The molecule has 0 radical (unpaired) electrons. The van der Waals surface area contributed by atoms with Gasteiger partial charge in [-0.2, -0.15) is 0 Å². The predicted molar refractivity (Wildman–Crippen MR) is 73.0 cm³/mol. The smallest absolute Gasteiger partial charge is 0.310 e. The molecular formula is C15H21NO3. The first kappa shape index (κ1) is 13.9. The number of nitrogens with zero attached hydrogens (tertiary/aromatic N) is 1. The van der Waals surface area contributed by atoms with E-state index >= 15 is 0 Å². The summed E-state index contributed by atoms with van der Waals surface area (Å²) in [6.45, 7) is 5.28. The van der Waals surface area contributed by atoms with Gasteiger partial charge in [0.1, 0.15) is 12.4 Å². The van der Waals surface area contributed by atoms with Gasteiger partial charge in [0.15, 0.2) is 0 Å². The van der Waals surface area contributed by atoms with Crippen LogP contribution in [-0.2, 0) is 9.53 Å². The van der Waals surface area contributed by atoms with Crippen LogP contribution >= 0.6 is 0 Å². The summed E-state index contributed by atoms with van der Waals surface area (Å²) >= 11 is 0. The van der Waals surface area contributed by atoms with Crippen molar-refractivity contribution in [2.45, 2.75) is 6.92 Å². The molecule has 1 aromatic rings. The number of hydrogen-bond donors (Lipinski definition) is 0. The Morgan fingerprint density at radius 3 is 2.74 bits per heavy atom. The molecule has 1 fully saturated rings. The molecule has 0 spiro atoms. The van der Waals surface area contributed by atoms with E-state index in [-0.39, 0.29) is 11.9 Å². The van der Waals surface area contributed by atoms with Gasteiger partial charge in [-0.15, -0.1) is 0 Å². The zero-order valence-electron chi connectivity index (χ0n) is 11.5. The molecule has 0 aromatic heterocycles.